The zero-order valence-corrected chi connectivity index (χ0v) is 16.8. The Labute approximate surface area is 162 Å². The third-order valence-corrected chi connectivity index (χ3v) is 4.87. The van der Waals surface area contributed by atoms with Crippen molar-refractivity contribution in [1.29, 1.82) is 0 Å². The zero-order valence-electron chi connectivity index (χ0n) is 16.8. The number of rotatable bonds is 6. The molecule has 0 aliphatic heterocycles. The number of nitrogens with one attached hydrogen (secondary N) is 1. The summed E-state index contributed by atoms with van der Waals surface area (Å²) in [7, 11) is 0. The Morgan fingerprint density at radius 2 is 1.70 bits per heavy atom. The minimum atomic E-state index is 0.565. The lowest BCUT2D eigenvalue weighted by molar-refractivity contribution is 0.866. The first kappa shape index (κ1) is 19.1. The van der Waals surface area contributed by atoms with Gasteiger partial charge in [-0.1, -0.05) is 12.1 Å². The Morgan fingerprint density at radius 3 is 2.33 bits per heavy atom. The number of anilines is 2. The van der Waals surface area contributed by atoms with Crippen LogP contribution in [0.2, 0.25) is 0 Å². The van der Waals surface area contributed by atoms with Crippen molar-refractivity contribution in [2.24, 2.45) is 5.10 Å². The van der Waals surface area contributed by atoms with Crippen LogP contribution in [0.15, 0.2) is 41.0 Å². The van der Waals surface area contributed by atoms with Crippen LogP contribution in [0.25, 0.3) is 6.08 Å². The molecule has 3 rings (SSSR count). The SMILES string of the molecule is CCN(CC)c1ccc(/C=C2\CCC\C2=N/Nc2nc(C)cc(C)n2)cc1. The van der Waals surface area contributed by atoms with Crippen molar-refractivity contribution in [2.45, 2.75) is 47.0 Å². The second-order valence-corrected chi connectivity index (χ2v) is 6.93. The molecular formula is C22H29N5. The van der Waals surface area contributed by atoms with Crippen molar-refractivity contribution in [2.75, 3.05) is 23.4 Å². The second-order valence-electron chi connectivity index (χ2n) is 6.93. The predicted molar refractivity (Wildman–Crippen MR) is 114 cm³/mol. The summed E-state index contributed by atoms with van der Waals surface area (Å²) >= 11 is 0. The normalized spacial score (nSPS) is 16.9. The molecule has 0 atom stereocenters. The van der Waals surface area contributed by atoms with Crippen LogP contribution in [-0.2, 0) is 0 Å². The maximum Gasteiger partial charge on any atom is 0.243 e. The van der Waals surface area contributed by atoms with E-state index in [0.717, 1.165) is 49.5 Å². The number of nitrogens with zero attached hydrogens (tertiary/aromatic N) is 4. The van der Waals surface area contributed by atoms with Crippen LogP contribution >= 0.6 is 0 Å². The Balaban J connectivity index is 1.75. The fourth-order valence-corrected chi connectivity index (χ4v) is 3.50. The van der Waals surface area contributed by atoms with Gasteiger partial charge in [-0.2, -0.15) is 5.10 Å². The van der Waals surface area contributed by atoms with Gasteiger partial charge >= 0.3 is 0 Å². The molecule has 1 saturated carbocycles. The molecule has 142 valence electrons. The number of hydrazone groups is 1. The van der Waals surface area contributed by atoms with Crippen LogP contribution in [0.3, 0.4) is 0 Å². The van der Waals surface area contributed by atoms with Gasteiger partial charge in [0.2, 0.25) is 5.95 Å². The fourth-order valence-electron chi connectivity index (χ4n) is 3.50. The molecule has 0 unspecified atom stereocenters. The maximum absolute atomic E-state index is 4.59. The molecule has 27 heavy (non-hydrogen) atoms. The third kappa shape index (κ3) is 4.94. The Bertz CT molecular complexity index is 812. The van der Waals surface area contributed by atoms with Gasteiger partial charge in [0.15, 0.2) is 0 Å². The first-order valence-electron chi connectivity index (χ1n) is 9.80. The number of aromatic nitrogens is 2. The molecule has 5 heteroatoms. The van der Waals surface area contributed by atoms with Gasteiger partial charge in [-0.25, -0.2) is 15.4 Å². The van der Waals surface area contributed by atoms with Crippen LogP contribution < -0.4 is 10.3 Å². The molecule has 1 aromatic carbocycles. The fraction of sp³-hybridized carbons (Fsp3) is 0.409. The van der Waals surface area contributed by atoms with E-state index < -0.39 is 0 Å². The van der Waals surface area contributed by atoms with E-state index in [1.807, 2.05) is 19.9 Å². The van der Waals surface area contributed by atoms with Gasteiger partial charge in [-0.05, 0) is 82.4 Å². The van der Waals surface area contributed by atoms with E-state index in [2.05, 4.69) is 69.6 Å². The highest BCUT2D eigenvalue weighted by molar-refractivity contribution is 6.05. The topological polar surface area (TPSA) is 53.4 Å². The summed E-state index contributed by atoms with van der Waals surface area (Å²) < 4.78 is 0. The summed E-state index contributed by atoms with van der Waals surface area (Å²) in [5, 5.41) is 4.59. The molecule has 1 heterocycles. The van der Waals surface area contributed by atoms with Gasteiger partial charge in [0.25, 0.3) is 0 Å². The van der Waals surface area contributed by atoms with E-state index in [1.165, 1.54) is 16.8 Å². The van der Waals surface area contributed by atoms with E-state index in [-0.39, 0.29) is 0 Å². The maximum atomic E-state index is 4.59. The molecule has 2 aromatic rings. The van der Waals surface area contributed by atoms with Crippen molar-refractivity contribution in [3.05, 3.63) is 52.9 Å². The highest BCUT2D eigenvalue weighted by Crippen LogP contribution is 2.25. The Hall–Kier alpha value is -2.69. The van der Waals surface area contributed by atoms with Crippen LogP contribution in [0.1, 0.15) is 50.1 Å². The third-order valence-electron chi connectivity index (χ3n) is 4.87. The summed E-state index contributed by atoms with van der Waals surface area (Å²) in [4.78, 5) is 11.1. The number of hydrogen-bond acceptors (Lipinski definition) is 5. The molecule has 1 aromatic heterocycles. The smallest absolute Gasteiger partial charge is 0.243 e. The molecule has 1 aliphatic rings. The molecule has 0 saturated heterocycles. The van der Waals surface area contributed by atoms with E-state index in [1.54, 1.807) is 0 Å². The quantitative estimate of drug-likeness (QED) is 0.736. The lowest BCUT2D eigenvalue weighted by atomic mass is 10.1. The molecule has 0 spiro atoms. The predicted octanol–water partition coefficient (Wildman–Crippen LogP) is 4.98. The summed E-state index contributed by atoms with van der Waals surface area (Å²) in [6.07, 6.45) is 5.44. The Kier molecular flexibility index (Phi) is 6.22. The van der Waals surface area contributed by atoms with Gasteiger partial charge in [0.05, 0.1) is 5.71 Å². The minimum absolute atomic E-state index is 0.565. The van der Waals surface area contributed by atoms with Gasteiger partial charge in [0, 0.05) is 30.2 Å². The van der Waals surface area contributed by atoms with E-state index in [9.17, 15) is 0 Å². The second kappa shape index (κ2) is 8.80. The molecule has 1 fully saturated rings. The molecule has 0 radical (unpaired) electrons. The summed E-state index contributed by atoms with van der Waals surface area (Å²) in [6.45, 7) is 10.4. The summed E-state index contributed by atoms with van der Waals surface area (Å²) in [5.41, 5.74) is 9.82. The van der Waals surface area contributed by atoms with E-state index >= 15 is 0 Å². The van der Waals surface area contributed by atoms with Crippen LogP contribution in [-0.4, -0.2) is 28.8 Å². The Morgan fingerprint density at radius 1 is 1.04 bits per heavy atom. The largest absolute Gasteiger partial charge is 0.372 e. The van der Waals surface area contributed by atoms with Crippen LogP contribution in [0.5, 0.6) is 0 Å². The van der Waals surface area contributed by atoms with Crippen molar-refractivity contribution < 1.29 is 0 Å². The van der Waals surface area contributed by atoms with Gasteiger partial charge in [-0.3, -0.25) is 0 Å². The highest BCUT2D eigenvalue weighted by Gasteiger charge is 2.15. The molecule has 0 bridgehead atoms. The number of hydrogen-bond donors (Lipinski definition) is 1. The van der Waals surface area contributed by atoms with Gasteiger partial charge < -0.3 is 4.90 Å². The molecule has 0 amide bonds. The van der Waals surface area contributed by atoms with Crippen molar-refractivity contribution in [3.63, 3.8) is 0 Å². The average Bonchev–Trinajstić information content (AvgIpc) is 3.08. The van der Waals surface area contributed by atoms with Crippen molar-refractivity contribution >= 4 is 23.4 Å². The first-order chi connectivity index (χ1) is 13.1. The lowest BCUT2D eigenvalue weighted by Crippen LogP contribution is -2.21. The number of benzene rings is 1. The summed E-state index contributed by atoms with van der Waals surface area (Å²) in [5.74, 6) is 0.565. The van der Waals surface area contributed by atoms with Gasteiger partial charge in [0.1, 0.15) is 0 Å². The van der Waals surface area contributed by atoms with E-state index in [0.29, 0.717) is 5.95 Å². The standard InChI is InChI=1S/C22H29N5/c1-5-27(6-2)20-12-10-18(11-13-20)15-19-8-7-9-21(19)25-26-22-23-16(3)14-17(4)24-22/h10-15H,5-9H2,1-4H3,(H,23,24,26)/b19-15+,25-21+. The average molecular weight is 364 g/mol. The van der Waals surface area contributed by atoms with Gasteiger partial charge in [-0.15, -0.1) is 0 Å². The van der Waals surface area contributed by atoms with E-state index in [4.69, 9.17) is 0 Å². The monoisotopic (exact) mass is 363 g/mol. The minimum Gasteiger partial charge on any atom is -0.372 e. The molecule has 5 nitrogen and oxygen atoms in total. The first-order valence-corrected chi connectivity index (χ1v) is 9.80. The molecular weight excluding hydrogens is 334 g/mol. The zero-order chi connectivity index (χ0) is 19.2. The van der Waals surface area contributed by atoms with Crippen molar-refractivity contribution in [3.8, 4) is 0 Å². The van der Waals surface area contributed by atoms with Crippen LogP contribution in [0, 0.1) is 13.8 Å². The number of aryl methyl sites for hydroxylation is 2. The molecule has 1 aliphatic carbocycles. The number of allylic oxidation sites excluding steroid dienone is 1. The summed E-state index contributed by atoms with van der Waals surface area (Å²) in [6, 6.07) is 10.7. The molecule has 1 N–H and O–H groups in total. The highest BCUT2D eigenvalue weighted by atomic mass is 15.4. The van der Waals surface area contributed by atoms with Crippen LogP contribution in [0.4, 0.5) is 11.6 Å². The van der Waals surface area contributed by atoms with Crippen molar-refractivity contribution in [1.82, 2.24) is 9.97 Å². The lowest BCUT2D eigenvalue weighted by Gasteiger charge is -2.20.